The Morgan fingerprint density at radius 1 is 1.17 bits per heavy atom. The van der Waals surface area contributed by atoms with Crippen molar-refractivity contribution in [3.05, 3.63) is 47.4 Å². The Kier molecular flexibility index (Phi) is 5.18. The van der Waals surface area contributed by atoms with E-state index in [9.17, 15) is 13.2 Å². The number of furan rings is 1. The zero-order valence-corrected chi connectivity index (χ0v) is 18.7. The number of nitrogens with one attached hydrogen (secondary N) is 2. The number of likely N-dealkylation sites (tertiary alicyclic amines) is 1. The molecule has 7 nitrogen and oxygen atoms in total. The first-order valence-electron chi connectivity index (χ1n) is 10.3. The van der Waals surface area contributed by atoms with Crippen molar-refractivity contribution in [2.24, 2.45) is 5.92 Å². The van der Waals surface area contributed by atoms with Crippen LogP contribution in [-0.2, 0) is 15.4 Å². The summed E-state index contributed by atoms with van der Waals surface area (Å²) in [4.78, 5) is 15.1. The quantitative estimate of drug-likeness (QED) is 0.760. The van der Waals surface area contributed by atoms with Crippen LogP contribution in [0.4, 0.5) is 5.69 Å². The third-order valence-corrected chi connectivity index (χ3v) is 7.42. The lowest BCUT2D eigenvalue weighted by molar-refractivity contribution is 0.0643. The third-order valence-electron chi connectivity index (χ3n) is 5.92. The first-order valence-corrected chi connectivity index (χ1v) is 11.8. The van der Waals surface area contributed by atoms with Crippen LogP contribution in [0.25, 0.3) is 0 Å². The topological polar surface area (TPSA) is 91.7 Å². The highest BCUT2D eigenvalue weighted by molar-refractivity contribution is 7.89. The molecule has 0 saturated carbocycles. The van der Waals surface area contributed by atoms with Crippen LogP contribution in [0.5, 0.6) is 0 Å². The number of rotatable bonds is 2. The second-order valence-electron chi connectivity index (χ2n) is 9.24. The molecule has 1 atom stereocenters. The van der Waals surface area contributed by atoms with E-state index in [2.05, 4.69) is 30.8 Å². The molecule has 0 unspecified atom stereocenters. The van der Waals surface area contributed by atoms with Gasteiger partial charge in [0.05, 0.1) is 11.9 Å². The van der Waals surface area contributed by atoms with Crippen LogP contribution in [0, 0.1) is 12.8 Å². The smallest absolute Gasteiger partial charge is 0.289 e. The lowest BCUT2D eigenvalue weighted by Crippen LogP contribution is -2.52. The van der Waals surface area contributed by atoms with E-state index in [0.29, 0.717) is 37.4 Å². The van der Waals surface area contributed by atoms with Crippen LogP contribution in [0.15, 0.2) is 39.6 Å². The van der Waals surface area contributed by atoms with Gasteiger partial charge in [0, 0.05) is 24.1 Å². The van der Waals surface area contributed by atoms with E-state index in [-0.39, 0.29) is 28.3 Å². The first-order chi connectivity index (χ1) is 14.1. The molecule has 2 aromatic rings. The maximum Gasteiger partial charge on any atom is 0.289 e. The number of sulfonamides is 1. The fourth-order valence-corrected chi connectivity index (χ4v) is 5.49. The van der Waals surface area contributed by atoms with E-state index in [0.717, 1.165) is 11.3 Å². The number of aryl methyl sites for hydroxylation is 1. The van der Waals surface area contributed by atoms with E-state index in [1.54, 1.807) is 23.1 Å². The van der Waals surface area contributed by atoms with Crippen molar-refractivity contribution < 1.29 is 17.6 Å². The van der Waals surface area contributed by atoms with Gasteiger partial charge in [0.25, 0.3) is 5.91 Å². The average Bonchev–Trinajstić information content (AvgIpc) is 3.09. The van der Waals surface area contributed by atoms with Crippen LogP contribution in [-0.4, -0.2) is 38.5 Å². The molecule has 3 heterocycles. The minimum atomic E-state index is -3.54. The largest absolute Gasteiger partial charge is 0.455 e. The summed E-state index contributed by atoms with van der Waals surface area (Å²) in [5.74, 6) is 1.21. The number of fused-ring (bicyclic) bond motifs is 1. The predicted molar refractivity (Wildman–Crippen MR) is 115 cm³/mol. The molecular formula is C22H29N3O4S. The molecule has 0 spiro atoms. The van der Waals surface area contributed by atoms with Crippen molar-refractivity contribution in [1.29, 1.82) is 0 Å². The molecule has 0 aliphatic carbocycles. The molecule has 1 amide bonds. The Balaban J connectivity index is 1.44. The number of carbonyl (C=O) groups is 1. The number of para-hydroxylation sites is 1. The average molecular weight is 432 g/mol. The van der Waals surface area contributed by atoms with Gasteiger partial charge in [-0.1, -0.05) is 32.9 Å². The highest BCUT2D eigenvalue weighted by Crippen LogP contribution is 2.32. The molecule has 30 heavy (non-hydrogen) atoms. The number of anilines is 1. The lowest BCUT2D eigenvalue weighted by atomic mass is 9.93. The molecule has 2 aliphatic heterocycles. The predicted octanol–water partition coefficient (Wildman–Crippen LogP) is 3.47. The Bertz CT molecular complexity index is 1060. The summed E-state index contributed by atoms with van der Waals surface area (Å²) in [5.41, 5.74) is 1.32. The second-order valence-corrected chi connectivity index (χ2v) is 10.9. The molecule has 1 aromatic carbocycles. The van der Waals surface area contributed by atoms with Gasteiger partial charge < -0.3 is 14.6 Å². The van der Waals surface area contributed by atoms with Gasteiger partial charge in [-0.3, -0.25) is 4.79 Å². The van der Waals surface area contributed by atoms with Crippen LogP contribution >= 0.6 is 0 Å². The van der Waals surface area contributed by atoms with Crippen LogP contribution in [0.2, 0.25) is 0 Å². The summed E-state index contributed by atoms with van der Waals surface area (Å²) in [7, 11) is -3.54. The molecule has 162 valence electrons. The number of amides is 1. The fraction of sp³-hybridized carbons (Fsp3) is 0.500. The zero-order chi connectivity index (χ0) is 21.7. The molecule has 0 radical (unpaired) electrons. The van der Waals surface area contributed by atoms with Crippen molar-refractivity contribution in [3.8, 4) is 0 Å². The molecule has 4 rings (SSSR count). The molecule has 1 fully saturated rings. The summed E-state index contributed by atoms with van der Waals surface area (Å²) in [6.07, 6.45) is 1.04. The summed E-state index contributed by atoms with van der Waals surface area (Å²) in [6, 6.07) is 8.86. The van der Waals surface area contributed by atoms with Gasteiger partial charge in [-0.2, -0.15) is 4.72 Å². The normalized spacial score (nSPS) is 21.7. The van der Waals surface area contributed by atoms with Crippen molar-refractivity contribution in [3.63, 3.8) is 0 Å². The van der Waals surface area contributed by atoms with Gasteiger partial charge in [0.15, 0.2) is 5.76 Å². The summed E-state index contributed by atoms with van der Waals surface area (Å²) < 4.78 is 33.8. The van der Waals surface area contributed by atoms with Gasteiger partial charge in [-0.05, 0) is 43.9 Å². The molecular weight excluding hydrogens is 402 g/mol. The number of nitrogens with zero attached hydrogens (tertiary/aromatic N) is 1. The van der Waals surface area contributed by atoms with Crippen molar-refractivity contribution in [2.75, 3.05) is 18.4 Å². The number of hydrogen-bond donors (Lipinski definition) is 2. The monoisotopic (exact) mass is 431 g/mol. The standard InChI is InChI=1S/C22H29N3O4S/c1-14-13-18(22(2,3)4)29-19(14)21(26)25-11-9-15(10-12-25)20-23-16-7-5-6-8-17(16)30(27,28)24-20/h5-8,13,15,20,23-24H,9-12H2,1-4H3/t20-/m1/s1. The highest BCUT2D eigenvalue weighted by Gasteiger charge is 2.36. The van der Waals surface area contributed by atoms with Gasteiger partial charge in [-0.15, -0.1) is 0 Å². The maximum absolute atomic E-state index is 13.0. The summed E-state index contributed by atoms with van der Waals surface area (Å²) in [5, 5.41) is 3.31. The lowest BCUT2D eigenvalue weighted by Gasteiger charge is -2.38. The fourth-order valence-electron chi connectivity index (χ4n) is 4.11. The van der Waals surface area contributed by atoms with Crippen LogP contribution in [0.3, 0.4) is 0 Å². The van der Waals surface area contributed by atoms with Crippen LogP contribution in [0.1, 0.15) is 55.5 Å². The Morgan fingerprint density at radius 2 is 1.83 bits per heavy atom. The van der Waals surface area contributed by atoms with Crippen molar-refractivity contribution in [1.82, 2.24) is 9.62 Å². The molecule has 2 aliphatic rings. The Hall–Kier alpha value is -2.32. The number of benzene rings is 1. The zero-order valence-electron chi connectivity index (χ0n) is 17.9. The van der Waals surface area contributed by atoms with Crippen molar-refractivity contribution in [2.45, 2.75) is 57.0 Å². The van der Waals surface area contributed by atoms with Gasteiger partial charge >= 0.3 is 0 Å². The minimum absolute atomic E-state index is 0.0935. The van der Waals surface area contributed by atoms with Crippen molar-refractivity contribution >= 4 is 21.6 Å². The summed E-state index contributed by atoms with van der Waals surface area (Å²) >= 11 is 0. The Labute approximate surface area is 177 Å². The van der Waals surface area contributed by atoms with E-state index in [1.807, 2.05) is 19.1 Å². The molecule has 8 heteroatoms. The first kappa shape index (κ1) is 20.9. The summed E-state index contributed by atoms with van der Waals surface area (Å²) in [6.45, 7) is 9.20. The van der Waals surface area contributed by atoms with E-state index in [4.69, 9.17) is 4.42 Å². The Morgan fingerprint density at radius 3 is 2.47 bits per heavy atom. The van der Waals surface area contributed by atoms with E-state index < -0.39 is 10.0 Å². The maximum atomic E-state index is 13.0. The highest BCUT2D eigenvalue weighted by atomic mass is 32.2. The SMILES string of the molecule is Cc1cc(C(C)(C)C)oc1C(=O)N1CCC([C@@H]2Nc3ccccc3S(=O)(=O)N2)CC1. The number of carbonyl (C=O) groups excluding carboxylic acids is 1. The van der Waals surface area contributed by atoms with E-state index in [1.165, 1.54) is 0 Å². The van der Waals surface area contributed by atoms with Gasteiger partial charge in [0.1, 0.15) is 10.7 Å². The molecule has 1 saturated heterocycles. The molecule has 2 N–H and O–H groups in total. The van der Waals surface area contributed by atoms with E-state index >= 15 is 0 Å². The third kappa shape index (κ3) is 3.86. The van der Waals surface area contributed by atoms with Crippen LogP contribution < -0.4 is 10.0 Å². The molecule has 0 bridgehead atoms. The van der Waals surface area contributed by atoms with Gasteiger partial charge in [-0.25, -0.2) is 8.42 Å². The molecule has 1 aromatic heterocycles. The number of hydrogen-bond acceptors (Lipinski definition) is 5. The number of piperidine rings is 1. The minimum Gasteiger partial charge on any atom is -0.455 e. The second kappa shape index (κ2) is 7.42. The van der Waals surface area contributed by atoms with Gasteiger partial charge in [0.2, 0.25) is 10.0 Å².